The van der Waals surface area contributed by atoms with Crippen LogP contribution in [-0.4, -0.2) is 22.7 Å². The molecule has 0 bridgehead atoms. The molecule has 0 atom stereocenters. The molecule has 1 heterocycles. The first kappa shape index (κ1) is 11.2. The van der Waals surface area contributed by atoms with Crippen molar-refractivity contribution in [3.05, 3.63) is 40.2 Å². The van der Waals surface area contributed by atoms with Crippen LogP contribution in [0.5, 0.6) is 5.75 Å². The van der Waals surface area contributed by atoms with Crippen molar-refractivity contribution in [3.63, 3.8) is 0 Å². The number of aromatic carboxylic acids is 1. The van der Waals surface area contributed by atoms with E-state index in [1.54, 1.807) is 18.2 Å². The second-order valence-corrected chi connectivity index (χ2v) is 3.46. The minimum Gasteiger partial charge on any atom is -0.492 e. The molecule has 1 aromatic carbocycles. The standard InChI is InChI=1S/C12H11NO4/c1-2-17-10-5-3-4-7-9(14)6-8(12(15)16)13-11(7)10/h3-6H,2H2,1H3,(H,13,14)(H,15,16). The van der Waals surface area contributed by atoms with E-state index in [4.69, 9.17) is 9.84 Å². The van der Waals surface area contributed by atoms with Gasteiger partial charge in [-0.1, -0.05) is 6.07 Å². The summed E-state index contributed by atoms with van der Waals surface area (Å²) >= 11 is 0. The Hall–Kier alpha value is -2.30. The lowest BCUT2D eigenvalue weighted by Crippen LogP contribution is -2.10. The Morgan fingerprint density at radius 2 is 2.24 bits per heavy atom. The van der Waals surface area contributed by atoms with Crippen molar-refractivity contribution in [1.82, 2.24) is 4.98 Å². The quantitative estimate of drug-likeness (QED) is 0.844. The Morgan fingerprint density at radius 3 is 2.88 bits per heavy atom. The van der Waals surface area contributed by atoms with E-state index in [-0.39, 0.29) is 11.1 Å². The SMILES string of the molecule is CCOc1cccc2c(=O)cc(C(=O)O)[nH]c12. The van der Waals surface area contributed by atoms with E-state index in [9.17, 15) is 9.59 Å². The van der Waals surface area contributed by atoms with Gasteiger partial charge in [0, 0.05) is 11.5 Å². The number of benzene rings is 1. The van der Waals surface area contributed by atoms with Crippen molar-refractivity contribution in [2.45, 2.75) is 6.92 Å². The molecule has 0 aliphatic carbocycles. The number of fused-ring (bicyclic) bond motifs is 1. The Bertz CT molecular complexity index is 630. The molecule has 0 aliphatic rings. The van der Waals surface area contributed by atoms with E-state index >= 15 is 0 Å². The van der Waals surface area contributed by atoms with Crippen LogP contribution in [-0.2, 0) is 0 Å². The first-order valence-electron chi connectivity index (χ1n) is 5.15. The summed E-state index contributed by atoms with van der Waals surface area (Å²) in [5.74, 6) is -0.694. The molecule has 1 aromatic heterocycles. The number of aromatic nitrogens is 1. The number of ether oxygens (including phenoxy) is 1. The maximum atomic E-state index is 11.7. The van der Waals surface area contributed by atoms with Crippen LogP contribution in [0.4, 0.5) is 0 Å². The summed E-state index contributed by atoms with van der Waals surface area (Å²) in [6.07, 6.45) is 0. The van der Waals surface area contributed by atoms with Crippen LogP contribution in [0, 0.1) is 0 Å². The lowest BCUT2D eigenvalue weighted by atomic mass is 10.2. The molecule has 5 nitrogen and oxygen atoms in total. The topological polar surface area (TPSA) is 79.4 Å². The summed E-state index contributed by atoms with van der Waals surface area (Å²) in [6.45, 7) is 2.26. The number of hydrogen-bond donors (Lipinski definition) is 2. The van der Waals surface area contributed by atoms with Gasteiger partial charge >= 0.3 is 5.97 Å². The van der Waals surface area contributed by atoms with Crippen molar-refractivity contribution in [2.75, 3.05) is 6.61 Å². The average Bonchev–Trinajstić information content (AvgIpc) is 2.30. The average molecular weight is 233 g/mol. The van der Waals surface area contributed by atoms with Crippen LogP contribution in [0.15, 0.2) is 29.1 Å². The van der Waals surface area contributed by atoms with E-state index in [1.165, 1.54) is 0 Å². The van der Waals surface area contributed by atoms with Crippen LogP contribution in [0.2, 0.25) is 0 Å². The molecule has 0 unspecified atom stereocenters. The Labute approximate surface area is 96.7 Å². The molecule has 17 heavy (non-hydrogen) atoms. The van der Waals surface area contributed by atoms with Gasteiger partial charge in [-0.3, -0.25) is 4.79 Å². The first-order valence-corrected chi connectivity index (χ1v) is 5.15. The third kappa shape index (κ3) is 1.99. The van der Waals surface area contributed by atoms with Gasteiger partial charge in [-0.2, -0.15) is 0 Å². The van der Waals surface area contributed by atoms with Crippen molar-refractivity contribution < 1.29 is 14.6 Å². The smallest absolute Gasteiger partial charge is 0.352 e. The predicted molar refractivity (Wildman–Crippen MR) is 62.7 cm³/mol. The van der Waals surface area contributed by atoms with Crippen LogP contribution < -0.4 is 10.2 Å². The highest BCUT2D eigenvalue weighted by molar-refractivity contribution is 5.91. The second-order valence-electron chi connectivity index (χ2n) is 3.46. The molecular formula is C12H11NO4. The van der Waals surface area contributed by atoms with Gasteiger partial charge in [-0.05, 0) is 19.1 Å². The Kier molecular flexibility index (Phi) is 2.82. The maximum Gasteiger partial charge on any atom is 0.352 e. The molecule has 5 heteroatoms. The summed E-state index contributed by atoms with van der Waals surface area (Å²) in [5.41, 5.74) is -0.0633. The predicted octanol–water partition coefficient (Wildman–Crippen LogP) is 1.62. The number of pyridine rings is 1. The van der Waals surface area contributed by atoms with Gasteiger partial charge in [-0.25, -0.2) is 4.79 Å². The highest BCUT2D eigenvalue weighted by Crippen LogP contribution is 2.21. The number of aromatic amines is 1. The van der Waals surface area contributed by atoms with Gasteiger partial charge < -0.3 is 14.8 Å². The third-order valence-corrected chi connectivity index (χ3v) is 2.36. The van der Waals surface area contributed by atoms with E-state index < -0.39 is 5.97 Å². The van der Waals surface area contributed by atoms with Gasteiger partial charge in [0.1, 0.15) is 11.4 Å². The third-order valence-electron chi connectivity index (χ3n) is 2.36. The molecule has 0 fully saturated rings. The van der Waals surface area contributed by atoms with E-state index in [0.717, 1.165) is 6.07 Å². The minimum atomic E-state index is -1.17. The lowest BCUT2D eigenvalue weighted by molar-refractivity contribution is 0.0691. The zero-order valence-electron chi connectivity index (χ0n) is 9.19. The normalized spacial score (nSPS) is 10.4. The van der Waals surface area contributed by atoms with Crippen molar-refractivity contribution in [3.8, 4) is 5.75 Å². The fraction of sp³-hybridized carbons (Fsp3) is 0.167. The highest BCUT2D eigenvalue weighted by atomic mass is 16.5. The van der Waals surface area contributed by atoms with Crippen molar-refractivity contribution >= 4 is 16.9 Å². The summed E-state index contributed by atoms with van der Waals surface area (Å²) in [6, 6.07) is 6.08. The molecule has 0 amide bonds. The molecule has 0 radical (unpaired) electrons. The van der Waals surface area contributed by atoms with Gasteiger partial charge in [0.25, 0.3) is 0 Å². The number of para-hydroxylation sites is 1. The van der Waals surface area contributed by atoms with Crippen LogP contribution in [0.1, 0.15) is 17.4 Å². The molecule has 2 aromatic rings. The van der Waals surface area contributed by atoms with E-state index in [1.807, 2.05) is 6.92 Å². The van der Waals surface area contributed by atoms with E-state index in [2.05, 4.69) is 4.98 Å². The molecule has 88 valence electrons. The van der Waals surface area contributed by atoms with Crippen molar-refractivity contribution in [2.24, 2.45) is 0 Å². The number of rotatable bonds is 3. The first-order chi connectivity index (χ1) is 8.13. The van der Waals surface area contributed by atoms with Crippen molar-refractivity contribution in [1.29, 1.82) is 0 Å². The molecule has 2 rings (SSSR count). The van der Waals surface area contributed by atoms with E-state index in [0.29, 0.717) is 23.3 Å². The van der Waals surface area contributed by atoms with Crippen LogP contribution >= 0.6 is 0 Å². The van der Waals surface area contributed by atoms with Gasteiger partial charge in [-0.15, -0.1) is 0 Å². The molecule has 0 saturated heterocycles. The van der Waals surface area contributed by atoms with Crippen LogP contribution in [0.25, 0.3) is 10.9 Å². The number of H-pyrrole nitrogens is 1. The minimum absolute atomic E-state index is 0.144. The summed E-state index contributed by atoms with van der Waals surface area (Å²) in [5, 5.41) is 9.30. The fourth-order valence-corrected chi connectivity index (χ4v) is 1.64. The zero-order valence-corrected chi connectivity index (χ0v) is 9.19. The lowest BCUT2D eigenvalue weighted by Gasteiger charge is -2.07. The number of carboxylic acid groups (broad SMARTS) is 1. The summed E-state index contributed by atoms with van der Waals surface area (Å²) in [4.78, 5) is 25.3. The zero-order chi connectivity index (χ0) is 12.4. The van der Waals surface area contributed by atoms with Gasteiger partial charge in [0.05, 0.1) is 12.1 Å². The molecule has 0 saturated carbocycles. The Balaban J connectivity index is 2.78. The van der Waals surface area contributed by atoms with Gasteiger partial charge in [0.15, 0.2) is 5.43 Å². The monoisotopic (exact) mass is 233 g/mol. The van der Waals surface area contributed by atoms with Crippen LogP contribution in [0.3, 0.4) is 0 Å². The summed E-state index contributed by atoms with van der Waals surface area (Å²) in [7, 11) is 0. The molecule has 0 aliphatic heterocycles. The number of carboxylic acids is 1. The molecule has 2 N–H and O–H groups in total. The number of hydrogen-bond acceptors (Lipinski definition) is 3. The molecule has 0 spiro atoms. The number of carbonyl (C=O) groups is 1. The van der Waals surface area contributed by atoms with Gasteiger partial charge in [0.2, 0.25) is 0 Å². The fourth-order valence-electron chi connectivity index (χ4n) is 1.64. The molecular weight excluding hydrogens is 222 g/mol. The number of nitrogens with one attached hydrogen (secondary N) is 1. The Morgan fingerprint density at radius 1 is 1.47 bits per heavy atom. The maximum absolute atomic E-state index is 11.7. The highest BCUT2D eigenvalue weighted by Gasteiger charge is 2.10. The largest absolute Gasteiger partial charge is 0.492 e. The summed E-state index contributed by atoms with van der Waals surface area (Å²) < 4.78 is 5.35. The second kappa shape index (κ2) is 4.29.